The van der Waals surface area contributed by atoms with Crippen LogP contribution in [0.15, 0.2) is 42.5 Å². The number of nitrogens with two attached hydrogens (primary N) is 1. The third-order valence-corrected chi connectivity index (χ3v) is 5.94. The van der Waals surface area contributed by atoms with E-state index in [4.69, 9.17) is 10.5 Å². The van der Waals surface area contributed by atoms with Crippen molar-refractivity contribution in [1.82, 2.24) is 15.1 Å². The van der Waals surface area contributed by atoms with Gasteiger partial charge in [-0.1, -0.05) is 25.0 Å². The number of benzene rings is 2. The van der Waals surface area contributed by atoms with Gasteiger partial charge in [0.15, 0.2) is 5.69 Å². The monoisotopic (exact) mass is 452 g/mol. The van der Waals surface area contributed by atoms with Crippen molar-refractivity contribution >= 4 is 17.6 Å². The third-order valence-electron chi connectivity index (χ3n) is 5.94. The van der Waals surface area contributed by atoms with Crippen LogP contribution in [0.2, 0.25) is 0 Å². The maximum absolute atomic E-state index is 13.5. The van der Waals surface area contributed by atoms with Crippen LogP contribution < -0.4 is 15.8 Å². The SMILES string of the molecule is COc1ccc(F)cc1C(=O)NCc1ccc(-n2nc(C3CCCC3)c(N)c2C(=O)O)cc1. The first-order chi connectivity index (χ1) is 15.9. The molecular weight excluding hydrogens is 427 g/mol. The van der Waals surface area contributed by atoms with Crippen molar-refractivity contribution in [1.29, 1.82) is 0 Å². The molecule has 4 N–H and O–H groups in total. The number of amides is 1. The van der Waals surface area contributed by atoms with Crippen molar-refractivity contribution in [3.05, 3.63) is 70.8 Å². The van der Waals surface area contributed by atoms with Gasteiger partial charge in [0.05, 0.1) is 29.7 Å². The number of methoxy groups -OCH3 is 1. The lowest BCUT2D eigenvalue weighted by atomic mass is 10.0. The first-order valence-electron chi connectivity index (χ1n) is 10.7. The summed E-state index contributed by atoms with van der Waals surface area (Å²) in [6.07, 6.45) is 4.08. The molecule has 1 heterocycles. The Hall–Kier alpha value is -3.88. The predicted molar refractivity (Wildman–Crippen MR) is 120 cm³/mol. The lowest BCUT2D eigenvalue weighted by molar-refractivity contribution is 0.0688. The predicted octanol–water partition coefficient (Wildman–Crippen LogP) is 3.89. The van der Waals surface area contributed by atoms with Gasteiger partial charge in [-0.3, -0.25) is 4.79 Å². The Kier molecular flexibility index (Phi) is 6.30. The summed E-state index contributed by atoms with van der Waals surface area (Å²) in [6, 6.07) is 10.7. The molecule has 1 saturated carbocycles. The standard InChI is InChI=1S/C24H25FN4O4/c1-33-19-11-8-16(25)12-18(19)23(30)27-13-14-6-9-17(10-7-14)29-22(24(31)32)20(26)21(28-29)15-4-2-3-5-15/h6-12,15H,2-5,13,26H2,1H3,(H,27,30)(H,31,32). The van der Waals surface area contributed by atoms with Gasteiger partial charge in [0, 0.05) is 12.5 Å². The molecule has 33 heavy (non-hydrogen) atoms. The Labute approximate surface area is 190 Å². The van der Waals surface area contributed by atoms with Crippen LogP contribution in [0, 0.1) is 5.82 Å². The third kappa shape index (κ3) is 4.52. The molecule has 1 amide bonds. The first-order valence-corrected chi connectivity index (χ1v) is 10.7. The molecule has 9 heteroatoms. The van der Waals surface area contributed by atoms with E-state index in [0.717, 1.165) is 37.3 Å². The van der Waals surface area contributed by atoms with Crippen LogP contribution in [-0.2, 0) is 6.54 Å². The summed E-state index contributed by atoms with van der Waals surface area (Å²) in [5.74, 6) is -1.68. The van der Waals surface area contributed by atoms with Gasteiger partial charge in [-0.25, -0.2) is 13.9 Å². The zero-order valence-electron chi connectivity index (χ0n) is 18.2. The number of aromatic carboxylic acids is 1. The molecule has 0 radical (unpaired) electrons. The summed E-state index contributed by atoms with van der Waals surface area (Å²) in [5.41, 5.74) is 8.43. The van der Waals surface area contributed by atoms with Crippen LogP contribution in [0.3, 0.4) is 0 Å². The molecule has 8 nitrogen and oxygen atoms in total. The zero-order chi connectivity index (χ0) is 23.5. The molecule has 4 rings (SSSR count). The average molecular weight is 452 g/mol. The fourth-order valence-electron chi connectivity index (χ4n) is 4.23. The molecule has 1 aliphatic carbocycles. The summed E-state index contributed by atoms with van der Waals surface area (Å²) in [6.45, 7) is 0.194. The molecule has 172 valence electrons. The van der Waals surface area contributed by atoms with Gasteiger partial charge in [-0.2, -0.15) is 5.10 Å². The number of carboxylic acids is 1. The summed E-state index contributed by atoms with van der Waals surface area (Å²) in [4.78, 5) is 24.3. The van der Waals surface area contributed by atoms with Gasteiger partial charge in [0.2, 0.25) is 0 Å². The van der Waals surface area contributed by atoms with E-state index in [1.807, 2.05) is 0 Å². The number of ether oxygens (including phenoxy) is 1. The minimum absolute atomic E-state index is 0.0452. The van der Waals surface area contributed by atoms with Gasteiger partial charge in [0.25, 0.3) is 5.91 Å². The number of halogens is 1. The normalized spacial score (nSPS) is 13.8. The highest BCUT2D eigenvalue weighted by Gasteiger charge is 2.28. The minimum Gasteiger partial charge on any atom is -0.496 e. The lowest BCUT2D eigenvalue weighted by Crippen LogP contribution is -2.23. The molecule has 0 unspecified atom stereocenters. The van der Waals surface area contributed by atoms with Gasteiger partial charge >= 0.3 is 5.97 Å². The average Bonchev–Trinajstić information content (AvgIpc) is 3.45. The Balaban J connectivity index is 1.52. The van der Waals surface area contributed by atoms with E-state index in [1.165, 1.54) is 23.9 Å². The highest BCUT2D eigenvalue weighted by Crippen LogP contribution is 2.38. The van der Waals surface area contributed by atoms with E-state index >= 15 is 0 Å². The van der Waals surface area contributed by atoms with Gasteiger partial charge in [0.1, 0.15) is 11.6 Å². The molecule has 1 aliphatic rings. The first kappa shape index (κ1) is 22.3. The molecule has 3 aromatic rings. The highest BCUT2D eigenvalue weighted by molar-refractivity contribution is 5.97. The molecule has 2 aromatic carbocycles. The maximum Gasteiger partial charge on any atom is 0.356 e. The number of nitrogens with one attached hydrogen (secondary N) is 1. The number of nitrogens with zero attached hydrogens (tertiary/aromatic N) is 2. The van der Waals surface area contributed by atoms with E-state index < -0.39 is 17.7 Å². The molecule has 0 spiro atoms. The molecule has 0 saturated heterocycles. The summed E-state index contributed by atoms with van der Waals surface area (Å²) in [7, 11) is 1.41. The summed E-state index contributed by atoms with van der Waals surface area (Å²) in [5, 5.41) is 17.0. The van der Waals surface area contributed by atoms with Crippen LogP contribution in [0.5, 0.6) is 5.75 Å². The van der Waals surface area contributed by atoms with Gasteiger partial charge < -0.3 is 20.9 Å². The van der Waals surface area contributed by atoms with E-state index in [1.54, 1.807) is 24.3 Å². The van der Waals surface area contributed by atoms with E-state index in [0.29, 0.717) is 11.4 Å². The summed E-state index contributed by atoms with van der Waals surface area (Å²) < 4.78 is 20.0. The largest absolute Gasteiger partial charge is 0.496 e. The number of anilines is 1. The van der Waals surface area contributed by atoms with Crippen LogP contribution in [0.25, 0.3) is 5.69 Å². The number of carboxylic acid groups (broad SMARTS) is 1. The molecule has 1 fully saturated rings. The van der Waals surface area contributed by atoms with Crippen molar-refractivity contribution in [3.63, 3.8) is 0 Å². The number of carbonyl (C=O) groups excluding carboxylic acids is 1. The van der Waals surface area contributed by atoms with E-state index in [9.17, 15) is 19.1 Å². The van der Waals surface area contributed by atoms with Crippen molar-refractivity contribution in [2.75, 3.05) is 12.8 Å². The fourth-order valence-corrected chi connectivity index (χ4v) is 4.23. The van der Waals surface area contributed by atoms with Crippen molar-refractivity contribution in [2.45, 2.75) is 38.1 Å². The Bertz CT molecular complexity index is 1180. The smallest absolute Gasteiger partial charge is 0.356 e. The Morgan fingerprint density at radius 1 is 1.21 bits per heavy atom. The van der Waals surface area contributed by atoms with Crippen LogP contribution in [0.4, 0.5) is 10.1 Å². The number of nitrogen functional groups attached to an aromatic ring is 1. The summed E-state index contributed by atoms with van der Waals surface area (Å²) >= 11 is 0. The minimum atomic E-state index is -1.13. The van der Waals surface area contributed by atoms with Crippen molar-refractivity contribution in [2.24, 2.45) is 0 Å². The molecule has 0 bridgehead atoms. The quantitative estimate of drug-likeness (QED) is 0.500. The number of rotatable bonds is 7. The van der Waals surface area contributed by atoms with E-state index in [2.05, 4.69) is 10.4 Å². The second-order valence-electron chi connectivity index (χ2n) is 8.04. The lowest BCUT2D eigenvalue weighted by Gasteiger charge is -2.10. The second-order valence-corrected chi connectivity index (χ2v) is 8.04. The molecule has 1 aromatic heterocycles. The van der Waals surface area contributed by atoms with Crippen LogP contribution in [0.1, 0.15) is 63.7 Å². The second kappa shape index (κ2) is 9.32. The molecule has 0 aliphatic heterocycles. The number of aromatic nitrogens is 2. The number of hydrogen-bond donors (Lipinski definition) is 3. The topological polar surface area (TPSA) is 119 Å². The fraction of sp³-hybridized carbons (Fsp3) is 0.292. The maximum atomic E-state index is 13.5. The van der Waals surface area contributed by atoms with Crippen molar-refractivity contribution in [3.8, 4) is 11.4 Å². The molecular formula is C24H25FN4O4. The molecule has 0 atom stereocenters. The number of hydrogen-bond acceptors (Lipinski definition) is 5. The zero-order valence-corrected chi connectivity index (χ0v) is 18.2. The van der Waals surface area contributed by atoms with Gasteiger partial charge in [-0.15, -0.1) is 0 Å². The Morgan fingerprint density at radius 3 is 2.55 bits per heavy atom. The van der Waals surface area contributed by atoms with Crippen LogP contribution in [-0.4, -0.2) is 33.9 Å². The van der Waals surface area contributed by atoms with Crippen molar-refractivity contribution < 1.29 is 23.8 Å². The van der Waals surface area contributed by atoms with Gasteiger partial charge in [-0.05, 0) is 48.7 Å². The van der Waals surface area contributed by atoms with E-state index in [-0.39, 0.29) is 35.2 Å². The highest BCUT2D eigenvalue weighted by atomic mass is 19.1. The number of carbonyl (C=O) groups is 2. The van der Waals surface area contributed by atoms with Crippen LogP contribution >= 0.6 is 0 Å². The Morgan fingerprint density at radius 2 is 1.91 bits per heavy atom.